The number of fused-ring (bicyclic) bond motifs is 1. The predicted octanol–water partition coefficient (Wildman–Crippen LogP) is 1.13. The van der Waals surface area contributed by atoms with Crippen LogP contribution in [-0.2, 0) is 11.3 Å². The second-order valence-corrected chi connectivity index (χ2v) is 4.66. The first-order valence-electron chi connectivity index (χ1n) is 6.37. The number of H-pyrrole nitrogens is 1. The molecular formula is C14H16N2O3. The van der Waals surface area contributed by atoms with Gasteiger partial charge < -0.3 is 19.7 Å². The number of aromatic amines is 1. The zero-order valence-electron chi connectivity index (χ0n) is 10.6. The number of nitrogens with one attached hydrogen (secondary N) is 1. The van der Waals surface area contributed by atoms with Crippen LogP contribution in [0.3, 0.4) is 0 Å². The summed E-state index contributed by atoms with van der Waals surface area (Å²) in [6.07, 6.45) is 0. The average Bonchev–Trinajstić information content (AvgIpc) is 2.89. The largest absolute Gasteiger partial charge is 0.390 e. The second kappa shape index (κ2) is 5.03. The highest BCUT2D eigenvalue weighted by Crippen LogP contribution is 2.18. The van der Waals surface area contributed by atoms with Gasteiger partial charge in [0, 0.05) is 35.2 Å². The van der Waals surface area contributed by atoms with E-state index in [1.807, 2.05) is 29.2 Å². The van der Waals surface area contributed by atoms with Crippen molar-refractivity contribution in [1.29, 1.82) is 0 Å². The number of hydrogen-bond acceptors (Lipinski definition) is 3. The molecule has 100 valence electrons. The molecule has 1 aliphatic rings. The molecule has 0 unspecified atom stereocenters. The van der Waals surface area contributed by atoms with E-state index in [2.05, 4.69) is 4.98 Å². The first-order valence-corrected chi connectivity index (χ1v) is 6.37. The van der Waals surface area contributed by atoms with Crippen molar-refractivity contribution < 1.29 is 14.6 Å². The van der Waals surface area contributed by atoms with Crippen molar-refractivity contribution in [3.63, 3.8) is 0 Å². The highest BCUT2D eigenvalue weighted by Gasteiger charge is 2.18. The lowest BCUT2D eigenvalue weighted by Gasteiger charge is -2.26. The summed E-state index contributed by atoms with van der Waals surface area (Å²) in [4.78, 5) is 17.2. The van der Waals surface area contributed by atoms with Crippen LogP contribution in [0.2, 0.25) is 0 Å². The highest BCUT2D eigenvalue weighted by molar-refractivity contribution is 5.98. The normalized spacial score (nSPS) is 15.9. The topological polar surface area (TPSA) is 65.6 Å². The molecule has 1 aromatic heterocycles. The number of rotatable bonds is 2. The number of ether oxygens (including phenoxy) is 1. The molecule has 1 saturated heterocycles. The fourth-order valence-electron chi connectivity index (χ4n) is 2.36. The summed E-state index contributed by atoms with van der Waals surface area (Å²) in [5, 5.41) is 10.0. The summed E-state index contributed by atoms with van der Waals surface area (Å²) in [6, 6.07) is 7.42. The SMILES string of the molecule is O=C(c1ccc2[nH]c(CO)cc2c1)N1CCOCC1. The minimum Gasteiger partial charge on any atom is -0.390 e. The van der Waals surface area contributed by atoms with E-state index in [0.717, 1.165) is 16.6 Å². The van der Waals surface area contributed by atoms with Crippen LogP contribution in [0.5, 0.6) is 0 Å². The molecule has 0 spiro atoms. The highest BCUT2D eigenvalue weighted by atomic mass is 16.5. The Morgan fingerprint density at radius 1 is 1.32 bits per heavy atom. The molecule has 0 bridgehead atoms. The Bertz CT molecular complexity index is 600. The van der Waals surface area contributed by atoms with Gasteiger partial charge in [0.15, 0.2) is 0 Å². The molecule has 1 amide bonds. The van der Waals surface area contributed by atoms with E-state index in [-0.39, 0.29) is 12.5 Å². The molecule has 0 saturated carbocycles. The molecule has 2 heterocycles. The Morgan fingerprint density at radius 3 is 2.84 bits per heavy atom. The van der Waals surface area contributed by atoms with Crippen molar-refractivity contribution in [2.24, 2.45) is 0 Å². The fraction of sp³-hybridized carbons (Fsp3) is 0.357. The Balaban J connectivity index is 1.89. The van der Waals surface area contributed by atoms with Gasteiger partial charge in [-0.05, 0) is 24.3 Å². The predicted molar refractivity (Wildman–Crippen MR) is 70.9 cm³/mol. The van der Waals surface area contributed by atoms with Gasteiger partial charge in [0.25, 0.3) is 5.91 Å². The lowest BCUT2D eigenvalue weighted by atomic mass is 10.1. The standard InChI is InChI=1S/C14H16N2O3/c17-9-12-8-11-7-10(1-2-13(11)15-12)14(18)16-3-5-19-6-4-16/h1-2,7-8,15,17H,3-6,9H2. The summed E-state index contributed by atoms with van der Waals surface area (Å²) in [5.41, 5.74) is 2.37. The van der Waals surface area contributed by atoms with Crippen molar-refractivity contribution in [2.45, 2.75) is 6.61 Å². The number of benzene rings is 1. The van der Waals surface area contributed by atoms with Crippen LogP contribution in [0.15, 0.2) is 24.3 Å². The van der Waals surface area contributed by atoms with E-state index in [4.69, 9.17) is 9.84 Å². The van der Waals surface area contributed by atoms with Crippen LogP contribution in [-0.4, -0.2) is 47.2 Å². The number of aliphatic hydroxyl groups is 1. The third-order valence-electron chi connectivity index (χ3n) is 3.39. The lowest BCUT2D eigenvalue weighted by molar-refractivity contribution is 0.0303. The van der Waals surface area contributed by atoms with Crippen LogP contribution in [0.4, 0.5) is 0 Å². The van der Waals surface area contributed by atoms with Crippen molar-refractivity contribution in [3.8, 4) is 0 Å². The minimum absolute atomic E-state index is 0.0264. The molecule has 5 nitrogen and oxygen atoms in total. The van der Waals surface area contributed by atoms with Gasteiger partial charge >= 0.3 is 0 Å². The van der Waals surface area contributed by atoms with Gasteiger partial charge in [-0.25, -0.2) is 0 Å². The maximum atomic E-state index is 12.3. The average molecular weight is 260 g/mol. The molecular weight excluding hydrogens is 244 g/mol. The third-order valence-corrected chi connectivity index (χ3v) is 3.39. The van der Waals surface area contributed by atoms with Gasteiger partial charge in [0.2, 0.25) is 0 Å². The van der Waals surface area contributed by atoms with Crippen LogP contribution in [0.25, 0.3) is 10.9 Å². The maximum absolute atomic E-state index is 12.3. The van der Waals surface area contributed by atoms with Gasteiger partial charge in [-0.2, -0.15) is 0 Å². The molecule has 3 rings (SSSR count). The molecule has 1 aliphatic heterocycles. The zero-order chi connectivity index (χ0) is 13.2. The number of carbonyl (C=O) groups excluding carboxylic acids is 1. The van der Waals surface area contributed by atoms with Gasteiger partial charge in [-0.3, -0.25) is 4.79 Å². The maximum Gasteiger partial charge on any atom is 0.254 e. The van der Waals surface area contributed by atoms with E-state index < -0.39 is 0 Å². The van der Waals surface area contributed by atoms with Crippen LogP contribution in [0.1, 0.15) is 16.1 Å². The Kier molecular flexibility index (Phi) is 3.23. The number of amides is 1. The van der Waals surface area contributed by atoms with Gasteiger partial charge in [-0.15, -0.1) is 0 Å². The zero-order valence-corrected chi connectivity index (χ0v) is 10.6. The van der Waals surface area contributed by atoms with Crippen molar-refractivity contribution in [1.82, 2.24) is 9.88 Å². The number of morpholine rings is 1. The molecule has 0 aliphatic carbocycles. The number of hydrogen-bond donors (Lipinski definition) is 2. The monoisotopic (exact) mass is 260 g/mol. The Morgan fingerprint density at radius 2 is 2.11 bits per heavy atom. The number of aromatic nitrogens is 1. The van der Waals surface area contributed by atoms with Crippen molar-refractivity contribution >= 4 is 16.8 Å². The van der Waals surface area contributed by atoms with Crippen LogP contribution >= 0.6 is 0 Å². The van der Waals surface area contributed by atoms with E-state index in [0.29, 0.717) is 31.9 Å². The first-order chi connectivity index (χ1) is 9.28. The lowest BCUT2D eigenvalue weighted by Crippen LogP contribution is -2.40. The fourth-order valence-corrected chi connectivity index (χ4v) is 2.36. The smallest absolute Gasteiger partial charge is 0.254 e. The van der Waals surface area contributed by atoms with E-state index >= 15 is 0 Å². The first kappa shape index (κ1) is 12.2. The molecule has 1 aromatic carbocycles. The van der Waals surface area contributed by atoms with Gasteiger partial charge in [0.1, 0.15) is 0 Å². The summed E-state index contributed by atoms with van der Waals surface area (Å²) in [6.45, 7) is 2.47. The van der Waals surface area contributed by atoms with Crippen molar-refractivity contribution in [2.75, 3.05) is 26.3 Å². The molecule has 19 heavy (non-hydrogen) atoms. The van der Waals surface area contributed by atoms with Crippen LogP contribution < -0.4 is 0 Å². The molecule has 0 atom stereocenters. The summed E-state index contributed by atoms with van der Waals surface area (Å²) >= 11 is 0. The molecule has 5 heteroatoms. The number of carbonyl (C=O) groups is 1. The Hall–Kier alpha value is -1.85. The summed E-state index contributed by atoms with van der Waals surface area (Å²) < 4.78 is 5.25. The van der Waals surface area contributed by atoms with Gasteiger partial charge in [-0.1, -0.05) is 0 Å². The summed E-state index contributed by atoms with van der Waals surface area (Å²) in [7, 11) is 0. The minimum atomic E-state index is -0.0264. The quantitative estimate of drug-likeness (QED) is 0.850. The van der Waals surface area contributed by atoms with Crippen LogP contribution in [0, 0.1) is 0 Å². The summed E-state index contributed by atoms with van der Waals surface area (Å²) in [5.74, 6) is 0.0388. The second-order valence-electron chi connectivity index (χ2n) is 4.66. The molecule has 2 N–H and O–H groups in total. The number of nitrogens with zero attached hydrogens (tertiary/aromatic N) is 1. The Labute approximate surface area is 110 Å². The third kappa shape index (κ3) is 2.34. The van der Waals surface area contributed by atoms with E-state index in [1.54, 1.807) is 0 Å². The number of aliphatic hydroxyl groups excluding tert-OH is 1. The van der Waals surface area contributed by atoms with Crippen molar-refractivity contribution in [3.05, 3.63) is 35.5 Å². The molecule has 1 fully saturated rings. The van der Waals surface area contributed by atoms with Gasteiger partial charge in [0.05, 0.1) is 19.8 Å². The van der Waals surface area contributed by atoms with E-state index in [1.165, 1.54) is 0 Å². The van der Waals surface area contributed by atoms with E-state index in [9.17, 15) is 4.79 Å². The molecule has 2 aromatic rings. The molecule has 0 radical (unpaired) electrons.